The molecule has 0 saturated carbocycles. The van der Waals surface area contributed by atoms with Crippen LogP contribution in [0.3, 0.4) is 0 Å². The molecule has 0 spiro atoms. The van der Waals surface area contributed by atoms with Crippen LogP contribution in [0.25, 0.3) is 11.4 Å². The minimum atomic E-state index is -0.439. The van der Waals surface area contributed by atoms with Gasteiger partial charge in [0.15, 0.2) is 6.33 Å². The van der Waals surface area contributed by atoms with E-state index in [9.17, 15) is 9.18 Å². The second-order valence-electron chi connectivity index (χ2n) is 3.60. The highest BCUT2D eigenvalue weighted by atomic mass is 19.1. The van der Waals surface area contributed by atoms with Crippen molar-refractivity contribution in [3.05, 3.63) is 35.9 Å². The summed E-state index contributed by atoms with van der Waals surface area (Å²) in [5, 5.41) is 14.6. The fourth-order valence-corrected chi connectivity index (χ4v) is 1.49. The second kappa shape index (κ2) is 4.73. The van der Waals surface area contributed by atoms with Gasteiger partial charge in [-0.25, -0.2) is 4.39 Å². The summed E-state index contributed by atoms with van der Waals surface area (Å²) in [4.78, 5) is 11.0. The van der Waals surface area contributed by atoms with Crippen LogP contribution in [0.4, 0.5) is 4.39 Å². The van der Waals surface area contributed by atoms with Gasteiger partial charge in [-0.1, -0.05) is 0 Å². The Hall–Kier alpha value is -2.24. The maximum atomic E-state index is 13.4. The van der Waals surface area contributed by atoms with Crippen molar-refractivity contribution in [1.82, 2.24) is 20.4 Å². The lowest BCUT2D eigenvalue weighted by molar-refractivity contribution is -0.116. The normalized spacial score (nSPS) is 10.2. The summed E-state index contributed by atoms with van der Waals surface area (Å²) in [5.74, 6) is -0.241. The molecule has 0 amide bonds. The third-order valence-electron chi connectivity index (χ3n) is 2.08. The molecule has 0 bridgehead atoms. The molecule has 0 fully saturated rings. The molecule has 6 heteroatoms. The van der Waals surface area contributed by atoms with Crippen LogP contribution in [0, 0.1) is 5.82 Å². The van der Waals surface area contributed by atoms with Gasteiger partial charge < -0.3 is 0 Å². The summed E-state index contributed by atoms with van der Waals surface area (Å²) in [6.45, 7) is 1.45. The first-order valence-electron chi connectivity index (χ1n) is 4.95. The third-order valence-corrected chi connectivity index (χ3v) is 2.08. The number of carbonyl (C=O) groups excluding carboxylic acids is 1. The molecule has 1 aromatic carbocycles. The van der Waals surface area contributed by atoms with Gasteiger partial charge in [-0.2, -0.15) is 0 Å². The maximum absolute atomic E-state index is 13.4. The van der Waals surface area contributed by atoms with Gasteiger partial charge in [0.25, 0.3) is 0 Å². The number of hydrogen-bond donors (Lipinski definition) is 0. The predicted molar refractivity (Wildman–Crippen MR) is 57.4 cm³/mol. The van der Waals surface area contributed by atoms with E-state index in [1.807, 2.05) is 0 Å². The zero-order valence-corrected chi connectivity index (χ0v) is 9.09. The molecule has 0 unspecified atom stereocenters. The predicted octanol–water partition coefficient (Wildman–Crippen LogP) is 1.20. The van der Waals surface area contributed by atoms with Crippen LogP contribution in [0.5, 0.6) is 0 Å². The van der Waals surface area contributed by atoms with E-state index in [-0.39, 0.29) is 18.0 Å². The number of halogens is 1. The summed E-state index contributed by atoms with van der Waals surface area (Å²) < 4.78 is 13.4. The Morgan fingerprint density at radius 3 is 2.59 bits per heavy atom. The molecule has 0 atom stereocenters. The van der Waals surface area contributed by atoms with Gasteiger partial charge in [-0.15, -0.1) is 20.4 Å². The first kappa shape index (κ1) is 11.3. The zero-order valence-electron chi connectivity index (χ0n) is 9.09. The second-order valence-corrected chi connectivity index (χ2v) is 3.60. The molecule has 0 aliphatic carbocycles. The van der Waals surface area contributed by atoms with Crippen molar-refractivity contribution in [2.75, 3.05) is 0 Å². The van der Waals surface area contributed by atoms with Crippen molar-refractivity contribution in [3.8, 4) is 11.4 Å². The molecule has 17 heavy (non-hydrogen) atoms. The van der Waals surface area contributed by atoms with Crippen molar-refractivity contribution in [1.29, 1.82) is 0 Å². The smallest absolute Gasteiger partial charge is 0.203 e. The van der Waals surface area contributed by atoms with Crippen molar-refractivity contribution < 1.29 is 9.18 Å². The molecular weight excluding hydrogens is 223 g/mol. The first-order valence-corrected chi connectivity index (χ1v) is 4.95. The van der Waals surface area contributed by atoms with Crippen LogP contribution in [-0.2, 0) is 11.2 Å². The molecule has 0 aliphatic rings. The van der Waals surface area contributed by atoms with E-state index < -0.39 is 5.82 Å². The highest BCUT2D eigenvalue weighted by molar-refractivity contribution is 5.78. The van der Waals surface area contributed by atoms with Crippen LogP contribution in [0.15, 0.2) is 24.5 Å². The van der Waals surface area contributed by atoms with Crippen molar-refractivity contribution in [2.45, 2.75) is 13.3 Å². The summed E-state index contributed by atoms with van der Waals surface area (Å²) in [5.41, 5.74) is 1.04. The Kier molecular flexibility index (Phi) is 3.13. The molecule has 0 radical (unpaired) electrons. The Labute approximate surface area is 96.7 Å². The largest absolute Gasteiger partial charge is 0.300 e. The number of ketones is 1. The van der Waals surface area contributed by atoms with Gasteiger partial charge in [0.05, 0.1) is 0 Å². The fraction of sp³-hybridized carbons (Fsp3) is 0.182. The van der Waals surface area contributed by atoms with Gasteiger partial charge >= 0.3 is 0 Å². The number of benzene rings is 1. The Morgan fingerprint density at radius 2 is 1.94 bits per heavy atom. The summed E-state index contributed by atoms with van der Waals surface area (Å²) in [6.07, 6.45) is 1.37. The van der Waals surface area contributed by atoms with Crippen LogP contribution in [0.2, 0.25) is 0 Å². The molecule has 0 N–H and O–H groups in total. The Bertz CT molecular complexity index is 544. The lowest BCUT2D eigenvalue weighted by Gasteiger charge is -2.02. The van der Waals surface area contributed by atoms with Crippen molar-refractivity contribution in [2.24, 2.45) is 0 Å². The van der Waals surface area contributed by atoms with Crippen molar-refractivity contribution in [3.63, 3.8) is 0 Å². The van der Waals surface area contributed by atoms with E-state index in [0.29, 0.717) is 11.1 Å². The molecular formula is C11H9FN4O. The quantitative estimate of drug-likeness (QED) is 0.795. The third kappa shape index (κ3) is 2.87. The van der Waals surface area contributed by atoms with Crippen molar-refractivity contribution >= 4 is 5.78 Å². The van der Waals surface area contributed by atoms with Crippen LogP contribution < -0.4 is 0 Å². The molecule has 2 rings (SSSR count). The van der Waals surface area contributed by atoms with Crippen LogP contribution in [-0.4, -0.2) is 26.2 Å². The fourth-order valence-electron chi connectivity index (χ4n) is 1.49. The van der Waals surface area contributed by atoms with E-state index in [0.717, 1.165) is 0 Å². The standard InChI is InChI=1S/C11H9FN4O/c1-7(17)2-8-3-9(5-10(12)4-8)11-15-13-6-14-16-11/h3-6H,2H2,1H3. The van der Waals surface area contributed by atoms with Gasteiger partial charge in [0, 0.05) is 12.0 Å². The van der Waals surface area contributed by atoms with E-state index in [2.05, 4.69) is 20.4 Å². The van der Waals surface area contributed by atoms with Gasteiger partial charge in [0.1, 0.15) is 11.6 Å². The number of nitrogens with zero attached hydrogens (tertiary/aromatic N) is 4. The number of carbonyl (C=O) groups is 1. The van der Waals surface area contributed by atoms with Gasteiger partial charge in [0.2, 0.25) is 5.82 Å². The zero-order chi connectivity index (χ0) is 12.3. The summed E-state index contributed by atoms with van der Waals surface area (Å²) in [7, 11) is 0. The van der Waals surface area contributed by atoms with Gasteiger partial charge in [-0.05, 0) is 30.7 Å². The number of rotatable bonds is 3. The van der Waals surface area contributed by atoms with E-state index >= 15 is 0 Å². The average molecular weight is 232 g/mol. The maximum Gasteiger partial charge on any atom is 0.203 e. The van der Waals surface area contributed by atoms with Crippen LogP contribution >= 0.6 is 0 Å². The minimum Gasteiger partial charge on any atom is -0.300 e. The first-order chi connectivity index (χ1) is 8.15. The Morgan fingerprint density at radius 1 is 1.24 bits per heavy atom. The molecule has 86 valence electrons. The Balaban J connectivity index is 2.42. The highest BCUT2D eigenvalue weighted by Crippen LogP contribution is 2.17. The lowest BCUT2D eigenvalue weighted by atomic mass is 10.1. The number of aromatic nitrogens is 4. The highest BCUT2D eigenvalue weighted by Gasteiger charge is 2.07. The van der Waals surface area contributed by atoms with Crippen LogP contribution in [0.1, 0.15) is 12.5 Å². The summed E-state index contributed by atoms with van der Waals surface area (Å²) >= 11 is 0. The summed E-state index contributed by atoms with van der Waals surface area (Å²) in [6, 6.07) is 4.25. The molecule has 1 aromatic heterocycles. The number of Topliss-reactive ketones (excluding diaryl/α,β-unsaturated/α-hetero) is 1. The molecule has 5 nitrogen and oxygen atoms in total. The molecule has 2 aromatic rings. The van der Waals surface area contributed by atoms with E-state index in [1.165, 1.54) is 25.4 Å². The average Bonchev–Trinajstić information content (AvgIpc) is 2.28. The van der Waals surface area contributed by atoms with E-state index in [1.54, 1.807) is 6.07 Å². The molecule has 0 saturated heterocycles. The topological polar surface area (TPSA) is 68.6 Å². The molecule has 1 heterocycles. The van der Waals surface area contributed by atoms with E-state index in [4.69, 9.17) is 0 Å². The SMILES string of the molecule is CC(=O)Cc1cc(F)cc(-c2nncnn2)c1. The van der Waals surface area contributed by atoms with Gasteiger partial charge in [-0.3, -0.25) is 4.79 Å². The minimum absolute atomic E-state index is 0.0354. The lowest BCUT2D eigenvalue weighted by Crippen LogP contribution is -1.99. The monoisotopic (exact) mass is 232 g/mol. The number of hydrogen-bond acceptors (Lipinski definition) is 5. The molecule has 0 aliphatic heterocycles.